The van der Waals surface area contributed by atoms with Gasteiger partial charge in [0.15, 0.2) is 0 Å². The van der Waals surface area contributed by atoms with E-state index in [0.717, 1.165) is 37.2 Å². The Bertz CT molecular complexity index is 380. The Morgan fingerprint density at radius 1 is 1.59 bits per heavy atom. The lowest BCUT2D eigenvalue weighted by Crippen LogP contribution is -2.17. The molecule has 0 atom stereocenters. The first-order valence-corrected chi connectivity index (χ1v) is 6.30. The SMILES string of the molecule is C=CCN(C)Cc1cc(CNC2CC2)oc1C. The summed E-state index contributed by atoms with van der Waals surface area (Å²) in [5.41, 5.74) is 1.28. The van der Waals surface area contributed by atoms with E-state index in [1.54, 1.807) is 0 Å². The quantitative estimate of drug-likeness (QED) is 0.735. The number of nitrogens with zero attached hydrogens (tertiary/aromatic N) is 1. The Balaban J connectivity index is 1.89. The van der Waals surface area contributed by atoms with Gasteiger partial charge < -0.3 is 9.73 Å². The zero-order valence-electron chi connectivity index (χ0n) is 10.8. The minimum atomic E-state index is 0.729. The van der Waals surface area contributed by atoms with Gasteiger partial charge in [-0.1, -0.05) is 6.08 Å². The third-order valence-electron chi connectivity index (χ3n) is 3.09. The molecule has 2 rings (SSSR count). The van der Waals surface area contributed by atoms with Crippen LogP contribution in [-0.4, -0.2) is 24.5 Å². The fraction of sp³-hybridized carbons (Fsp3) is 0.571. The highest BCUT2D eigenvalue weighted by Crippen LogP contribution is 2.21. The van der Waals surface area contributed by atoms with Crippen LogP contribution in [-0.2, 0) is 13.1 Å². The Labute approximate surface area is 103 Å². The molecular formula is C14H22N2O. The summed E-state index contributed by atoms with van der Waals surface area (Å²) in [7, 11) is 2.09. The Hall–Kier alpha value is -1.06. The van der Waals surface area contributed by atoms with Crippen molar-refractivity contribution in [3.8, 4) is 0 Å². The van der Waals surface area contributed by atoms with Crippen LogP contribution in [0.4, 0.5) is 0 Å². The first-order chi connectivity index (χ1) is 8.19. The van der Waals surface area contributed by atoms with E-state index in [9.17, 15) is 0 Å². The van der Waals surface area contributed by atoms with Crippen LogP contribution in [0.25, 0.3) is 0 Å². The molecule has 17 heavy (non-hydrogen) atoms. The first-order valence-electron chi connectivity index (χ1n) is 6.30. The molecule has 3 heteroatoms. The molecule has 3 nitrogen and oxygen atoms in total. The van der Waals surface area contributed by atoms with Crippen LogP contribution in [0, 0.1) is 6.92 Å². The van der Waals surface area contributed by atoms with Gasteiger partial charge in [-0.2, -0.15) is 0 Å². The van der Waals surface area contributed by atoms with Crippen molar-refractivity contribution in [2.45, 2.75) is 38.9 Å². The topological polar surface area (TPSA) is 28.4 Å². The number of likely N-dealkylation sites (N-methyl/N-ethyl adjacent to an activating group) is 1. The summed E-state index contributed by atoms with van der Waals surface area (Å²) in [6.45, 7) is 8.47. The molecule has 1 aromatic heterocycles. The highest BCUT2D eigenvalue weighted by Gasteiger charge is 2.20. The lowest BCUT2D eigenvalue weighted by atomic mass is 10.2. The van der Waals surface area contributed by atoms with Crippen molar-refractivity contribution >= 4 is 0 Å². The molecule has 1 N–H and O–H groups in total. The summed E-state index contributed by atoms with van der Waals surface area (Å²) in [5, 5.41) is 3.47. The van der Waals surface area contributed by atoms with E-state index in [2.05, 4.69) is 29.9 Å². The van der Waals surface area contributed by atoms with Crippen LogP contribution in [0.5, 0.6) is 0 Å². The van der Waals surface area contributed by atoms with E-state index in [-0.39, 0.29) is 0 Å². The summed E-state index contributed by atoms with van der Waals surface area (Å²) >= 11 is 0. The molecule has 1 fully saturated rings. The number of furan rings is 1. The minimum absolute atomic E-state index is 0.729. The van der Waals surface area contributed by atoms with Gasteiger partial charge in [-0.15, -0.1) is 6.58 Å². The molecule has 1 saturated carbocycles. The fourth-order valence-electron chi connectivity index (χ4n) is 1.94. The second kappa shape index (κ2) is 5.52. The van der Waals surface area contributed by atoms with Gasteiger partial charge in [0.2, 0.25) is 0 Å². The monoisotopic (exact) mass is 234 g/mol. The normalized spacial score (nSPS) is 15.5. The average Bonchev–Trinajstić information content (AvgIpc) is 3.03. The molecule has 1 aliphatic rings. The second-order valence-corrected chi connectivity index (χ2v) is 4.93. The van der Waals surface area contributed by atoms with Crippen LogP contribution in [0.2, 0.25) is 0 Å². The molecule has 0 aliphatic heterocycles. The molecule has 0 spiro atoms. The van der Waals surface area contributed by atoms with Gasteiger partial charge in [-0.05, 0) is 32.9 Å². The summed E-state index contributed by atoms with van der Waals surface area (Å²) in [6.07, 6.45) is 4.55. The molecule has 0 unspecified atom stereocenters. The van der Waals surface area contributed by atoms with Gasteiger partial charge in [-0.3, -0.25) is 4.90 Å². The van der Waals surface area contributed by atoms with Crippen LogP contribution in [0.3, 0.4) is 0 Å². The van der Waals surface area contributed by atoms with Gasteiger partial charge in [0.1, 0.15) is 11.5 Å². The van der Waals surface area contributed by atoms with Crippen molar-refractivity contribution in [1.82, 2.24) is 10.2 Å². The van der Waals surface area contributed by atoms with Crippen LogP contribution >= 0.6 is 0 Å². The van der Waals surface area contributed by atoms with E-state index in [1.807, 2.05) is 13.0 Å². The lowest BCUT2D eigenvalue weighted by Gasteiger charge is -2.12. The summed E-state index contributed by atoms with van der Waals surface area (Å²) in [4.78, 5) is 2.23. The van der Waals surface area contributed by atoms with Gasteiger partial charge >= 0.3 is 0 Å². The van der Waals surface area contributed by atoms with E-state index in [4.69, 9.17) is 4.42 Å². The summed E-state index contributed by atoms with van der Waals surface area (Å²) in [6, 6.07) is 2.90. The van der Waals surface area contributed by atoms with Crippen molar-refractivity contribution in [3.05, 3.63) is 35.8 Å². The van der Waals surface area contributed by atoms with E-state index < -0.39 is 0 Å². The summed E-state index contributed by atoms with van der Waals surface area (Å²) < 4.78 is 5.76. The Morgan fingerprint density at radius 3 is 3.00 bits per heavy atom. The Morgan fingerprint density at radius 2 is 2.35 bits per heavy atom. The third-order valence-corrected chi connectivity index (χ3v) is 3.09. The van der Waals surface area contributed by atoms with Crippen molar-refractivity contribution in [3.63, 3.8) is 0 Å². The first kappa shape index (κ1) is 12.4. The number of nitrogens with one attached hydrogen (secondary N) is 1. The predicted molar refractivity (Wildman–Crippen MR) is 69.8 cm³/mol. The van der Waals surface area contributed by atoms with Gasteiger partial charge in [0, 0.05) is 24.7 Å². The molecular weight excluding hydrogens is 212 g/mol. The van der Waals surface area contributed by atoms with Crippen molar-refractivity contribution in [2.24, 2.45) is 0 Å². The minimum Gasteiger partial charge on any atom is -0.465 e. The smallest absolute Gasteiger partial charge is 0.118 e. The number of aryl methyl sites for hydroxylation is 1. The number of rotatable bonds is 7. The van der Waals surface area contributed by atoms with Crippen LogP contribution in [0.15, 0.2) is 23.1 Å². The van der Waals surface area contributed by atoms with Crippen LogP contribution in [0.1, 0.15) is 29.9 Å². The Kier molecular flexibility index (Phi) is 4.02. The zero-order valence-corrected chi connectivity index (χ0v) is 10.8. The average molecular weight is 234 g/mol. The molecule has 94 valence electrons. The highest BCUT2D eigenvalue weighted by atomic mass is 16.3. The molecule has 0 radical (unpaired) electrons. The van der Waals surface area contributed by atoms with Crippen molar-refractivity contribution in [2.75, 3.05) is 13.6 Å². The molecule has 0 saturated heterocycles. The van der Waals surface area contributed by atoms with Crippen molar-refractivity contribution < 1.29 is 4.42 Å². The third kappa shape index (κ3) is 3.72. The maximum absolute atomic E-state index is 5.76. The highest BCUT2D eigenvalue weighted by molar-refractivity contribution is 5.21. The second-order valence-electron chi connectivity index (χ2n) is 4.93. The molecule has 0 amide bonds. The summed E-state index contributed by atoms with van der Waals surface area (Å²) in [5.74, 6) is 2.09. The predicted octanol–water partition coefficient (Wildman–Crippen LogP) is 2.46. The van der Waals surface area contributed by atoms with E-state index in [1.165, 1.54) is 18.4 Å². The van der Waals surface area contributed by atoms with Gasteiger partial charge in [0.25, 0.3) is 0 Å². The number of hydrogen-bond donors (Lipinski definition) is 1. The molecule has 1 aromatic rings. The molecule has 1 heterocycles. The van der Waals surface area contributed by atoms with E-state index >= 15 is 0 Å². The maximum atomic E-state index is 5.76. The molecule has 0 bridgehead atoms. The lowest BCUT2D eigenvalue weighted by molar-refractivity contribution is 0.359. The van der Waals surface area contributed by atoms with Crippen molar-refractivity contribution in [1.29, 1.82) is 0 Å². The standard InChI is InChI=1S/C14H22N2O/c1-4-7-16(3)10-12-8-14(17-11(12)2)9-15-13-5-6-13/h4,8,13,15H,1,5-7,9-10H2,2-3H3. The fourth-order valence-corrected chi connectivity index (χ4v) is 1.94. The molecule has 1 aliphatic carbocycles. The van der Waals surface area contributed by atoms with Crippen LogP contribution < -0.4 is 5.32 Å². The maximum Gasteiger partial charge on any atom is 0.118 e. The molecule has 0 aromatic carbocycles. The number of hydrogen-bond acceptors (Lipinski definition) is 3. The van der Waals surface area contributed by atoms with Gasteiger partial charge in [-0.25, -0.2) is 0 Å². The largest absolute Gasteiger partial charge is 0.465 e. The zero-order chi connectivity index (χ0) is 12.3. The van der Waals surface area contributed by atoms with Gasteiger partial charge in [0.05, 0.1) is 6.54 Å². The van der Waals surface area contributed by atoms with E-state index in [0.29, 0.717) is 0 Å².